The smallest absolute Gasteiger partial charge is 0.211 e. The average molecular weight is 282 g/mol. The van der Waals surface area contributed by atoms with Crippen molar-refractivity contribution in [2.24, 2.45) is 0 Å². The number of aryl methyl sites for hydroxylation is 1. The van der Waals surface area contributed by atoms with E-state index in [0.717, 1.165) is 30.8 Å². The maximum absolute atomic E-state index is 11.5. The van der Waals surface area contributed by atoms with Gasteiger partial charge in [-0.25, -0.2) is 18.4 Å². The summed E-state index contributed by atoms with van der Waals surface area (Å²) in [5, 5.41) is 0. The van der Waals surface area contributed by atoms with E-state index in [4.69, 9.17) is 0 Å². The Kier molecular flexibility index (Phi) is 3.18. The number of hydrogen-bond donors (Lipinski definition) is 0. The molecule has 7 heteroatoms. The van der Waals surface area contributed by atoms with Crippen LogP contribution in [0.25, 0.3) is 0 Å². The van der Waals surface area contributed by atoms with E-state index in [1.807, 2.05) is 0 Å². The average Bonchev–Trinajstić information content (AvgIpc) is 2.86. The molecule has 1 aromatic rings. The topological polar surface area (TPSA) is 66.4 Å². The van der Waals surface area contributed by atoms with Crippen LogP contribution in [-0.2, 0) is 22.9 Å². The highest BCUT2D eigenvalue weighted by molar-refractivity contribution is 7.88. The Bertz CT molecular complexity index is 579. The molecule has 1 aliphatic carbocycles. The van der Waals surface area contributed by atoms with Crippen molar-refractivity contribution in [3.63, 3.8) is 0 Å². The third kappa shape index (κ3) is 2.44. The third-order valence-corrected chi connectivity index (χ3v) is 5.16. The molecule has 1 aromatic heterocycles. The summed E-state index contributed by atoms with van der Waals surface area (Å²) in [6.45, 7) is 2.49. The van der Waals surface area contributed by atoms with E-state index in [1.54, 1.807) is 6.33 Å². The summed E-state index contributed by atoms with van der Waals surface area (Å²) in [7, 11) is -3.07. The van der Waals surface area contributed by atoms with E-state index in [0.29, 0.717) is 26.2 Å². The molecule has 2 heterocycles. The molecule has 104 valence electrons. The molecular weight excluding hydrogens is 264 g/mol. The molecular formula is C12H18N4O2S. The molecule has 0 saturated carbocycles. The molecule has 0 radical (unpaired) electrons. The highest BCUT2D eigenvalue weighted by Gasteiger charge is 2.27. The Morgan fingerprint density at radius 3 is 2.53 bits per heavy atom. The van der Waals surface area contributed by atoms with Gasteiger partial charge >= 0.3 is 0 Å². The van der Waals surface area contributed by atoms with Gasteiger partial charge in [-0.15, -0.1) is 0 Å². The van der Waals surface area contributed by atoms with Crippen molar-refractivity contribution in [1.82, 2.24) is 14.3 Å². The van der Waals surface area contributed by atoms with Crippen molar-refractivity contribution in [3.05, 3.63) is 17.6 Å². The zero-order valence-corrected chi connectivity index (χ0v) is 11.9. The largest absolute Gasteiger partial charge is 0.354 e. The van der Waals surface area contributed by atoms with E-state index in [9.17, 15) is 8.42 Å². The molecule has 0 atom stereocenters. The van der Waals surface area contributed by atoms with E-state index in [-0.39, 0.29) is 0 Å². The standard InChI is InChI=1S/C12H18N4O2S/c1-19(17,18)16-7-5-15(6-8-16)12-10-3-2-4-11(10)13-9-14-12/h9H,2-8H2,1H3. The minimum Gasteiger partial charge on any atom is -0.354 e. The number of nitrogens with zero attached hydrogens (tertiary/aromatic N) is 4. The van der Waals surface area contributed by atoms with Crippen LogP contribution in [0.1, 0.15) is 17.7 Å². The number of aromatic nitrogens is 2. The first-order chi connectivity index (χ1) is 9.05. The third-order valence-electron chi connectivity index (χ3n) is 3.86. The fourth-order valence-electron chi connectivity index (χ4n) is 2.85. The Balaban J connectivity index is 1.78. The van der Waals surface area contributed by atoms with Gasteiger partial charge in [0.05, 0.1) is 6.26 Å². The summed E-state index contributed by atoms with van der Waals surface area (Å²) >= 11 is 0. The van der Waals surface area contributed by atoms with Crippen LogP contribution in [0.5, 0.6) is 0 Å². The van der Waals surface area contributed by atoms with E-state index in [1.165, 1.54) is 16.1 Å². The number of sulfonamides is 1. The molecule has 0 spiro atoms. The predicted molar refractivity (Wildman–Crippen MR) is 72.7 cm³/mol. The van der Waals surface area contributed by atoms with Gasteiger partial charge in [0.15, 0.2) is 0 Å². The first-order valence-corrected chi connectivity index (χ1v) is 8.43. The minimum atomic E-state index is -3.07. The van der Waals surface area contributed by atoms with Crippen molar-refractivity contribution >= 4 is 15.8 Å². The number of fused-ring (bicyclic) bond motifs is 1. The molecule has 1 saturated heterocycles. The summed E-state index contributed by atoms with van der Waals surface area (Å²) in [4.78, 5) is 10.9. The number of anilines is 1. The second kappa shape index (κ2) is 4.72. The van der Waals surface area contributed by atoms with Crippen molar-refractivity contribution in [2.45, 2.75) is 19.3 Å². The van der Waals surface area contributed by atoms with Crippen LogP contribution in [0, 0.1) is 0 Å². The van der Waals surface area contributed by atoms with Gasteiger partial charge in [-0.1, -0.05) is 0 Å². The molecule has 6 nitrogen and oxygen atoms in total. The van der Waals surface area contributed by atoms with Crippen LogP contribution in [0.2, 0.25) is 0 Å². The van der Waals surface area contributed by atoms with Gasteiger partial charge in [-0.3, -0.25) is 0 Å². The number of rotatable bonds is 2. The summed E-state index contributed by atoms with van der Waals surface area (Å²) < 4.78 is 24.5. The summed E-state index contributed by atoms with van der Waals surface area (Å²) in [5.41, 5.74) is 2.42. The fraction of sp³-hybridized carbons (Fsp3) is 0.667. The molecule has 19 heavy (non-hydrogen) atoms. The van der Waals surface area contributed by atoms with Crippen molar-refractivity contribution in [1.29, 1.82) is 0 Å². The lowest BCUT2D eigenvalue weighted by atomic mass is 10.2. The molecule has 0 N–H and O–H groups in total. The molecule has 2 aliphatic rings. The summed E-state index contributed by atoms with van der Waals surface area (Å²) in [5.74, 6) is 1.01. The van der Waals surface area contributed by atoms with Gasteiger partial charge in [-0.2, -0.15) is 4.31 Å². The molecule has 0 bridgehead atoms. The maximum atomic E-state index is 11.5. The van der Waals surface area contributed by atoms with E-state index in [2.05, 4.69) is 14.9 Å². The fourth-order valence-corrected chi connectivity index (χ4v) is 3.67. The first kappa shape index (κ1) is 12.8. The van der Waals surface area contributed by atoms with Crippen LogP contribution < -0.4 is 4.90 Å². The lowest BCUT2D eigenvalue weighted by Gasteiger charge is -2.34. The minimum absolute atomic E-state index is 0.539. The molecule has 3 rings (SSSR count). The van der Waals surface area contributed by atoms with Crippen molar-refractivity contribution in [3.8, 4) is 0 Å². The summed E-state index contributed by atoms with van der Waals surface area (Å²) in [6, 6.07) is 0. The first-order valence-electron chi connectivity index (χ1n) is 6.58. The van der Waals surface area contributed by atoms with Crippen LogP contribution in [0.3, 0.4) is 0 Å². The van der Waals surface area contributed by atoms with Gasteiger partial charge in [-0.05, 0) is 19.3 Å². The van der Waals surface area contributed by atoms with Crippen LogP contribution in [0.15, 0.2) is 6.33 Å². The molecule has 1 aliphatic heterocycles. The maximum Gasteiger partial charge on any atom is 0.211 e. The highest BCUT2D eigenvalue weighted by Crippen LogP contribution is 2.28. The van der Waals surface area contributed by atoms with Crippen LogP contribution in [0.4, 0.5) is 5.82 Å². The highest BCUT2D eigenvalue weighted by atomic mass is 32.2. The van der Waals surface area contributed by atoms with E-state index < -0.39 is 10.0 Å². The molecule has 0 aromatic carbocycles. The second-order valence-corrected chi connectivity index (χ2v) is 7.11. The van der Waals surface area contributed by atoms with Gasteiger partial charge in [0.1, 0.15) is 12.1 Å². The quantitative estimate of drug-likeness (QED) is 0.766. The summed E-state index contributed by atoms with van der Waals surface area (Å²) in [6.07, 6.45) is 6.11. The monoisotopic (exact) mass is 282 g/mol. The Morgan fingerprint density at radius 2 is 1.84 bits per heavy atom. The van der Waals surface area contributed by atoms with Crippen molar-refractivity contribution < 1.29 is 8.42 Å². The molecule has 0 unspecified atom stereocenters. The lowest BCUT2D eigenvalue weighted by molar-refractivity contribution is 0.386. The zero-order chi connectivity index (χ0) is 13.5. The van der Waals surface area contributed by atoms with Gasteiger partial charge in [0.2, 0.25) is 10.0 Å². The van der Waals surface area contributed by atoms with Crippen molar-refractivity contribution in [2.75, 3.05) is 37.3 Å². The zero-order valence-electron chi connectivity index (χ0n) is 11.0. The Labute approximate surface area is 113 Å². The second-order valence-electron chi connectivity index (χ2n) is 5.13. The van der Waals surface area contributed by atoms with Gasteiger partial charge in [0.25, 0.3) is 0 Å². The predicted octanol–water partition coefficient (Wildman–Crippen LogP) is 0.0469. The van der Waals surface area contributed by atoms with E-state index >= 15 is 0 Å². The molecule has 1 fully saturated rings. The lowest BCUT2D eigenvalue weighted by Crippen LogP contribution is -2.48. The van der Waals surface area contributed by atoms with Gasteiger partial charge in [0, 0.05) is 37.4 Å². The number of hydrogen-bond acceptors (Lipinski definition) is 5. The molecule has 0 amide bonds. The van der Waals surface area contributed by atoms with Crippen LogP contribution in [-0.4, -0.2) is 55.1 Å². The Hall–Kier alpha value is -1.21. The number of piperazine rings is 1. The normalized spacial score (nSPS) is 20.6. The SMILES string of the molecule is CS(=O)(=O)N1CCN(c2ncnc3c2CCC3)CC1. The Morgan fingerprint density at radius 1 is 1.11 bits per heavy atom. The van der Waals surface area contributed by atoms with Gasteiger partial charge < -0.3 is 4.90 Å². The van der Waals surface area contributed by atoms with Crippen LogP contribution >= 0.6 is 0 Å².